The number of aryl methyl sites for hydroxylation is 2. The zero-order valence-electron chi connectivity index (χ0n) is 34.6. The van der Waals surface area contributed by atoms with Crippen molar-refractivity contribution < 1.29 is 4.74 Å². The highest BCUT2D eigenvalue weighted by molar-refractivity contribution is 7.21. The predicted octanol–water partition coefficient (Wildman–Crippen LogP) is 9.46. The molecule has 0 N–H and O–H groups in total. The normalized spacial score (nSPS) is 13.9. The van der Waals surface area contributed by atoms with Crippen molar-refractivity contribution in [1.82, 2.24) is 0 Å². The van der Waals surface area contributed by atoms with Crippen molar-refractivity contribution in [2.24, 2.45) is 0 Å². The van der Waals surface area contributed by atoms with Gasteiger partial charge in [-0.25, -0.2) is 0 Å². The first kappa shape index (κ1) is 37.0. The number of ether oxygens (including phenoxy) is 1. The van der Waals surface area contributed by atoms with Gasteiger partial charge in [0.05, 0.1) is 0 Å². The standard InChI is InChI=1S/C53H52BNOSi/c1-34(2)39-31-43(35(3)4)53(44(32-39)36(5)6)54-45-21-15-16-22-49(45)56-50-33-40(25-26-46(50)54)55-47-27-23-37(7)29-51(47)57(41-17-11-9-12-18-41,42-19-13-10-14-20-42)52-30-38(8)24-28-48(52)55/h9-36H,1-8H3. The van der Waals surface area contributed by atoms with Gasteiger partial charge in [-0.3, -0.25) is 0 Å². The molecule has 0 saturated heterocycles. The number of anilines is 3. The van der Waals surface area contributed by atoms with Crippen molar-refractivity contribution in [3.63, 3.8) is 0 Å². The lowest BCUT2D eigenvalue weighted by atomic mass is 9.34. The molecule has 0 radical (unpaired) electrons. The number of fused-ring (bicyclic) bond motifs is 4. The highest BCUT2D eigenvalue weighted by atomic mass is 28.3. The molecule has 7 aromatic carbocycles. The molecule has 0 unspecified atom stereocenters. The van der Waals surface area contributed by atoms with Crippen molar-refractivity contribution in [3.05, 3.63) is 179 Å². The number of para-hydroxylation sites is 1. The molecule has 0 aromatic heterocycles. The summed E-state index contributed by atoms with van der Waals surface area (Å²) in [5.74, 6) is 3.08. The average molecular weight is 758 g/mol. The Labute approximate surface area is 341 Å². The van der Waals surface area contributed by atoms with Gasteiger partial charge in [-0.15, -0.1) is 0 Å². The van der Waals surface area contributed by atoms with Crippen LogP contribution in [-0.4, -0.2) is 14.8 Å². The maximum Gasteiger partial charge on any atom is 0.251 e. The summed E-state index contributed by atoms with van der Waals surface area (Å²) in [6.45, 7) is 18.6. The van der Waals surface area contributed by atoms with Gasteiger partial charge >= 0.3 is 0 Å². The number of nitrogens with zero attached hydrogens (tertiary/aromatic N) is 1. The van der Waals surface area contributed by atoms with E-state index in [4.69, 9.17) is 4.74 Å². The fraction of sp³-hybridized carbons (Fsp3) is 0.208. The first-order chi connectivity index (χ1) is 27.6. The van der Waals surface area contributed by atoms with E-state index >= 15 is 0 Å². The Bertz CT molecular complexity index is 2510. The fourth-order valence-corrected chi connectivity index (χ4v) is 15.1. The lowest BCUT2D eigenvalue weighted by molar-refractivity contribution is 0.487. The third-order valence-corrected chi connectivity index (χ3v) is 17.3. The lowest BCUT2D eigenvalue weighted by Crippen LogP contribution is -2.77. The third-order valence-electron chi connectivity index (χ3n) is 12.5. The summed E-state index contributed by atoms with van der Waals surface area (Å²) < 4.78 is 7.00. The van der Waals surface area contributed by atoms with Gasteiger partial charge in [0.1, 0.15) is 11.5 Å². The van der Waals surface area contributed by atoms with Crippen molar-refractivity contribution in [2.45, 2.75) is 73.1 Å². The number of hydrogen-bond donors (Lipinski definition) is 0. The van der Waals surface area contributed by atoms with Crippen LogP contribution in [0.3, 0.4) is 0 Å². The van der Waals surface area contributed by atoms with Crippen LogP contribution in [0.5, 0.6) is 11.5 Å². The van der Waals surface area contributed by atoms with Crippen LogP contribution >= 0.6 is 0 Å². The zero-order chi connectivity index (χ0) is 39.6. The second kappa shape index (κ2) is 14.4. The molecule has 9 rings (SSSR count). The van der Waals surface area contributed by atoms with Crippen LogP contribution in [-0.2, 0) is 0 Å². The Morgan fingerprint density at radius 2 is 1.00 bits per heavy atom. The molecule has 2 heterocycles. The Morgan fingerprint density at radius 3 is 1.53 bits per heavy atom. The van der Waals surface area contributed by atoms with Crippen molar-refractivity contribution in [3.8, 4) is 11.5 Å². The Balaban J connectivity index is 1.30. The van der Waals surface area contributed by atoms with Crippen molar-refractivity contribution in [1.29, 1.82) is 0 Å². The Hall–Kier alpha value is -5.58. The van der Waals surface area contributed by atoms with Crippen LogP contribution in [0.15, 0.2) is 152 Å². The molecular formula is C53H52BNOSi. The molecule has 7 aromatic rings. The SMILES string of the molecule is Cc1ccc2c(c1)[Si](c1ccccc1)(c1ccccc1)c1cc(C)ccc1N2c1ccc2c(c1)Oc1ccccc1B2c1c(C(C)C)cc(C(C)C)cc1C(C)C. The minimum Gasteiger partial charge on any atom is -0.458 e. The quantitative estimate of drug-likeness (QED) is 0.150. The van der Waals surface area contributed by atoms with Gasteiger partial charge in [0.15, 0.2) is 8.07 Å². The highest BCUT2D eigenvalue weighted by Gasteiger charge is 2.49. The first-order valence-corrected chi connectivity index (χ1v) is 22.8. The molecule has 0 aliphatic carbocycles. The van der Waals surface area contributed by atoms with E-state index in [-0.39, 0.29) is 6.71 Å². The van der Waals surface area contributed by atoms with Gasteiger partial charge in [0.2, 0.25) is 0 Å². The fourth-order valence-electron chi connectivity index (χ4n) is 9.75. The topological polar surface area (TPSA) is 12.5 Å². The summed E-state index contributed by atoms with van der Waals surface area (Å²) in [6.07, 6.45) is 0. The highest BCUT2D eigenvalue weighted by Crippen LogP contribution is 2.41. The molecule has 2 aliphatic heterocycles. The van der Waals surface area contributed by atoms with E-state index < -0.39 is 8.07 Å². The lowest BCUT2D eigenvalue weighted by Gasteiger charge is -2.45. The van der Waals surface area contributed by atoms with Gasteiger partial charge in [0, 0.05) is 23.1 Å². The van der Waals surface area contributed by atoms with Crippen molar-refractivity contribution in [2.75, 3.05) is 4.90 Å². The minimum absolute atomic E-state index is 0.0532. The molecule has 2 aliphatic rings. The van der Waals surface area contributed by atoms with E-state index in [0.29, 0.717) is 17.8 Å². The van der Waals surface area contributed by atoms with Gasteiger partial charge in [-0.1, -0.05) is 179 Å². The average Bonchev–Trinajstić information content (AvgIpc) is 3.22. The summed E-state index contributed by atoms with van der Waals surface area (Å²) >= 11 is 0. The predicted molar refractivity (Wildman–Crippen MR) is 248 cm³/mol. The maximum atomic E-state index is 7.00. The molecule has 282 valence electrons. The third kappa shape index (κ3) is 6.00. The molecule has 0 atom stereocenters. The van der Waals surface area contributed by atoms with E-state index in [1.807, 2.05) is 0 Å². The second-order valence-corrected chi connectivity index (χ2v) is 21.0. The zero-order valence-corrected chi connectivity index (χ0v) is 35.6. The second-order valence-electron chi connectivity index (χ2n) is 17.2. The van der Waals surface area contributed by atoms with Crippen LogP contribution in [0.4, 0.5) is 17.1 Å². The summed E-state index contributed by atoms with van der Waals surface area (Å²) in [4.78, 5) is 2.51. The van der Waals surface area contributed by atoms with Crippen LogP contribution in [0.25, 0.3) is 0 Å². The minimum atomic E-state index is -2.76. The van der Waals surface area contributed by atoms with E-state index in [1.54, 1.807) is 0 Å². The number of hydrogen-bond acceptors (Lipinski definition) is 2. The molecule has 0 saturated carbocycles. The van der Waals surface area contributed by atoms with E-state index in [9.17, 15) is 0 Å². The van der Waals surface area contributed by atoms with E-state index in [1.165, 1.54) is 76.3 Å². The smallest absolute Gasteiger partial charge is 0.251 e. The van der Waals surface area contributed by atoms with Gasteiger partial charge in [-0.2, -0.15) is 0 Å². The van der Waals surface area contributed by atoms with Crippen LogP contribution in [0.1, 0.15) is 87.1 Å². The molecule has 57 heavy (non-hydrogen) atoms. The molecule has 4 heteroatoms. The first-order valence-electron chi connectivity index (χ1n) is 20.8. The Kier molecular flexibility index (Phi) is 9.37. The number of rotatable bonds is 7. The summed E-state index contributed by atoms with van der Waals surface area (Å²) in [5.41, 5.74) is 14.3. The molecule has 0 fully saturated rings. The maximum absolute atomic E-state index is 7.00. The van der Waals surface area contributed by atoms with Crippen molar-refractivity contribution >= 4 is 69.0 Å². The Morgan fingerprint density at radius 1 is 0.491 bits per heavy atom. The summed E-state index contributed by atoms with van der Waals surface area (Å²) in [5, 5.41) is 5.61. The van der Waals surface area contributed by atoms with Crippen LogP contribution in [0, 0.1) is 13.8 Å². The van der Waals surface area contributed by atoms with Crippen LogP contribution < -0.4 is 46.8 Å². The van der Waals surface area contributed by atoms with E-state index in [2.05, 4.69) is 212 Å². The summed E-state index contributed by atoms with van der Waals surface area (Å²) in [7, 11) is -2.76. The largest absolute Gasteiger partial charge is 0.458 e. The van der Waals surface area contributed by atoms with Gasteiger partial charge in [0.25, 0.3) is 6.71 Å². The molecule has 0 amide bonds. The van der Waals surface area contributed by atoms with Crippen LogP contribution in [0.2, 0.25) is 0 Å². The van der Waals surface area contributed by atoms with Gasteiger partial charge < -0.3 is 9.64 Å². The summed E-state index contributed by atoms with van der Waals surface area (Å²) in [6, 6.07) is 57.6. The molecular weight excluding hydrogens is 705 g/mol. The molecule has 2 nitrogen and oxygen atoms in total. The molecule has 0 bridgehead atoms. The number of benzene rings is 7. The molecule has 0 spiro atoms. The van der Waals surface area contributed by atoms with E-state index in [0.717, 1.165) is 17.2 Å². The van der Waals surface area contributed by atoms with Gasteiger partial charge in [-0.05, 0) is 104 Å². The monoisotopic (exact) mass is 757 g/mol.